The maximum atomic E-state index is 13.4. The third kappa shape index (κ3) is 3.68. The van der Waals surface area contributed by atoms with Crippen LogP contribution in [0.4, 0.5) is 4.39 Å². The normalized spacial score (nSPS) is 17.5. The van der Waals surface area contributed by atoms with Crippen molar-refractivity contribution >= 4 is 11.7 Å². The molecule has 1 heterocycles. The molecule has 0 saturated carbocycles. The number of rotatable bonds is 4. The fraction of sp³-hybridized carbons (Fsp3) is 0.263. The first-order valence-electron chi connectivity index (χ1n) is 7.87. The number of amides is 1. The minimum Gasteiger partial charge on any atom is -0.377 e. The van der Waals surface area contributed by atoms with Crippen molar-refractivity contribution in [2.24, 2.45) is 0 Å². The Hall–Kier alpha value is -2.53. The molecular weight excluding hydrogens is 309 g/mol. The molecule has 0 unspecified atom stereocenters. The maximum Gasteiger partial charge on any atom is 0.254 e. The summed E-state index contributed by atoms with van der Waals surface area (Å²) in [7, 11) is 0. The van der Waals surface area contributed by atoms with Crippen LogP contribution in [0.2, 0.25) is 0 Å². The lowest BCUT2D eigenvalue weighted by atomic mass is 10.0. The summed E-state index contributed by atoms with van der Waals surface area (Å²) in [6.45, 7) is 1.11. The van der Waals surface area contributed by atoms with Crippen LogP contribution in [0.15, 0.2) is 54.6 Å². The Morgan fingerprint density at radius 3 is 2.58 bits per heavy atom. The number of ether oxygens (including phenoxy) is 1. The largest absolute Gasteiger partial charge is 0.377 e. The van der Waals surface area contributed by atoms with Gasteiger partial charge in [-0.15, -0.1) is 0 Å². The molecule has 0 bridgehead atoms. The Labute approximate surface area is 139 Å². The summed E-state index contributed by atoms with van der Waals surface area (Å²) in [5.41, 5.74) is 0.898. The van der Waals surface area contributed by atoms with Gasteiger partial charge in [0.2, 0.25) is 0 Å². The van der Waals surface area contributed by atoms with E-state index in [1.807, 2.05) is 6.07 Å². The van der Waals surface area contributed by atoms with Crippen molar-refractivity contribution in [3.05, 3.63) is 71.5 Å². The van der Waals surface area contributed by atoms with E-state index in [4.69, 9.17) is 4.74 Å². The van der Waals surface area contributed by atoms with Crippen molar-refractivity contribution in [3.8, 4) is 0 Å². The monoisotopic (exact) mass is 327 g/mol. The van der Waals surface area contributed by atoms with Gasteiger partial charge in [0.05, 0.1) is 19.3 Å². The zero-order valence-corrected chi connectivity index (χ0v) is 13.2. The Kier molecular flexibility index (Phi) is 5.01. The first-order valence-corrected chi connectivity index (χ1v) is 7.87. The van der Waals surface area contributed by atoms with Gasteiger partial charge in [-0.2, -0.15) is 0 Å². The quantitative estimate of drug-likeness (QED) is 0.811. The molecule has 0 spiro atoms. The number of Topliss-reactive ketones (excluding diaryl/α,β-unsaturated/α-hetero) is 1. The zero-order valence-electron chi connectivity index (χ0n) is 13.2. The Morgan fingerprint density at radius 1 is 1.08 bits per heavy atom. The van der Waals surface area contributed by atoms with Crippen molar-refractivity contribution in [3.63, 3.8) is 0 Å². The van der Waals surface area contributed by atoms with Crippen LogP contribution >= 0.6 is 0 Å². The highest BCUT2D eigenvalue weighted by atomic mass is 19.1. The molecule has 3 rings (SSSR count). The van der Waals surface area contributed by atoms with Crippen LogP contribution in [0, 0.1) is 5.82 Å². The molecular formula is C19H18FNO3. The number of benzene rings is 2. The van der Waals surface area contributed by atoms with Crippen LogP contribution in [0.25, 0.3) is 0 Å². The van der Waals surface area contributed by atoms with Crippen molar-refractivity contribution in [1.82, 2.24) is 4.90 Å². The molecule has 5 heteroatoms. The van der Waals surface area contributed by atoms with Gasteiger partial charge in [0.25, 0.3) is 5.91 Å². The molecule has 124 valence electrons. The SMILES string of the molecule is O=C(C[C@@H]1COCCN1C(=O)c1cccc(F)c1)c1ccccc1. The molecule has 0 radical (unpaired) electrons. The number of halogens is 1. The van der Waals surface area contributed by atoms with E-state index in [2.05, 4.69) is 0 Å². The Morgan fingerprint density at radius 2 is 1.83 bits per heavy atom. The molecule has 1 aliphatic rings. The molecule has 1 fully saturated rings. The van der Waals surface area contributed by atoms with Gasteiger partial charge in [0.15, 0.2) is 5.78 Å². The summed E-state index contributed by atoms with van der Waals surface area (Å²) >= 11 is 0. The second kappa shape index (κ2) is 7.36. The molecule has 0 N–H and O–H groups in total. The maximum absolute atomic E-state index is 13.4. The summed E-state index contributed by atoms with van der Waals surface area (Å²) in [6.07, 6.45) is 0.186. The molecule has 24 heavy (non-hydrogen) atoms. The topological polar surface area (TPSA) is 46.6 Å². The van der Waals surface area contributed by atoms with E-state index in [1.165, 1.54) is 18.2 Å². The number of nitrogens with zero attached hydrogens (tertiary/aromatic N) is 1. The number of ketones is 1. The lowest BCUT2D eigenvalue weighted by Crippen LogP contribution is -2.49. The van der Waals surface area contributed by atoms with Crippen LogP contribution in [0.1, 0.15) is 27.1 Å². The number of hydrogen-bond donors (Lipinski definition) is 0. The summed E-state index contributed by atoms with van der Waals surface area (Å²) in [5.74, 6) is -0.766. The molecule has 2 aromatic rings. The summed E-state index contributed by atoms with van der Waals surface area (Å²) in [6, 6.07) is 14.2. The minimum absolute atomic E-state index is 0.0388. The Bertz CT molecular complexity index is 732. The fourth-order valence-corrected chi connectivity index (χ4v) is 2.83. The van der Waals surface area contributed by atoms with Crippen LogP contribution < -0.4 is 0 Å². The van der Waals surface area contributed by atoms with Gasteiger partial charge in [-0.3, -0.25) is 9.59 Å². The molecule has 1 aliphatic heterocycles. The van der Waals surface area contributed by atoms with Gasteiger partial charge in [-0.1, -0.05) is 36.4 Å². The zero-order chi connectivity index (χ0) is 16.9. The van der Waals surface area contributed by atoms with E-state index in [9.17, 15) is 14.0 Å². The van der Waals surface area contributed by atoms with Crippen LogP contribution in [-0.2, 0) is 4.74 Å². The molecule has 4 nitrogen and oxygen atoms in total. The lowest BCUT2D eigenvalue weighted by Gasteiger charge is -2.35. The van der Waals surface area contributed by atoms with Crippen molar-refractivity contribution in [2.75, 3.05) is 19.8 Å². The highest BCUT2D eigenvalue weighted by Gasteiger charge is 2.30. The number of hydrogen-bond acceptors (Lipinski definition) is 3. The third-order valence-corrected chi connectivity index (χ3v) is 4.08. The fourth-order valence-electron chi connectivity index (χ4n) is 2.83. The average molecular weight is 327 g/mol. The lowest BCUT2D eigenvalue weighted by molar-refractivity contribution is -0.00283. The molecule has 0 aliphatic carbocycles. The van der Waals surface area contributed by atoms with E-state index < -0.39 is 5.82 Å². The van der Waals surface area contributed by atoms with E-state index in [0.717, 1.165) is 0 Å². The van der Waals surface area contributed by atoms with Gasteiger partial charge in [0.1, 0.15) is 5.82 Å². The van der Waals surface area contributed by atoms with Gasteiger partial charge >= 0.3 is 0 Å². The van der Waals surface area contributed by atoms with Gasteiger partial charge in [0, 0.05) is 24.1 Å². The van der Waals surface area contributed by atoms with E-state index in [0.29, 0.717) is 25.3 Å². The Balaban J connectivity index is 1.76. The van der Waals surface area contributed by atoms with Gasteiger partial charge in [-0.25, -0.2) is 4.39 Å². The minimum atomic E-state index is -0.453. The predicted octanol–water partition coefficient (Wildman–Crippen LogP) is 2.94. The number of morpholine rings is 1. The second-order valence-electron chi connectivity index (χ2n) is 5.73. The average Bonchev–Trinajstić information content (AvgIpc) is 2.62. The third-order valence-electron chi connectivity index (χ3n) is 4.08. The summed E-state index contributed by atoms with van der Waals surface area (Å²) in [4.78, 5) is 26.7. The van der Waals surface area contributed by atoms with Crippen molar-refractivity contribution in [1.29, 1.82) is 0 Å². The van der Waals surface area contributed by atoms with Crippen molar-refractivity contribution < 1.29 is 18.7 Å². The molecule has 2 aromatic carbocycles. The molecule has 1 saturated heterocycles. The van der Waals surface area contributed by atoms with Gasteiger partial charge < -0.3 is 9.64 Å². The molecule has 1 amide bonds. The van der Waals surface area contributed by atoms with E-state index in [-0.39, 0.29) is 29.7 Å². The standard InChI is InChI=1S/C19H18FNO3/c20-16-8-4-7-15(11-16)19(23)21-9-10-24-13-17(21)12-18(22)14-5-2-1-3-6-14/h1-8,11,17H,9-10,12-13H2/t17-/m1/s1. The van der Waals surface area contributed by atoms with E-state index in [1.54, 1.807) is 35.2 Å². The molecule has 0 aromatic heterocycles. The summed E-state index contributed by atoms with van der Waals surface area (Å²) in [5, 5.41) is 0. The first kappa shape index (κ1) is 16.3. The van der Waals surface area contributed by atoms with Crippen LogP contribution in [0.3, 0.4) is 0 Å². The van der Waals surface area contributed by atoms with Crippen LogP contribution in [-0.4, -0.2) is 42.4 Å². The summed E-state index contributed by atoms with van der Waals surface area (Å²) < 4.78 is 18.8. The van der Waals surface area contributed by atoms with E-state index >= 15 is 0 Å². The van der Waals surface area contributed by atoms with Gasteiger partial charge in [-0.05, 0) is 18.2 Å². The predicted molar refractivity (Wildman–Crippen MR) is 87.4 cm³/mol. The van der Waals surface area contributed by atoms with Crippen molar-refractivity contribution in [2.45, 2.75) is 12.5 Å². The number of carbonyl (C=O) groups is 2. The highest BCUT2D eigenvalue weighted by molar-refractivity contribution is 5.98. The molecule has 1 atom stereocenters. The first-order chi connectivity index (χ1) is 11.6. The van der Waals surface area contributed by atoms with Crippen LogP contribution in [0.5, 0.6) is 0 Å². The highest BCUT2D eigenvalue weighted by Crippen LogP contribution is 2.18. The smallest absolute Gasteiger partial charge is 0.254 e. The second-order valence-corrected chi connectivity index (χ2v) is 5.73. The number of carbonyl (C=O) groups excluding carboxylic acids is 2.